The van der Waals surface area contributed by atoms with Crippen molar-refractivity contribution in [3.63, 3.8) is 0 Å². The average Bonchev–Trinajstić information content (AvgIpc) is 3.59. The summed E-state index contributed by atoms with van der Waals surface area (Å²) < 4.78 is 6.48. The molecule has 0 aliphatic rings. The maximum absolute atomic E-state index is 6.48. The van der Waals surface area contributed by atoms with Gasteiger partial charge in [0.15, 0.2) is 17.5 Å². The van der Waals surface area contributed by atoms with E-state index in [0.717, 1.165) is 60.5 Å². The highest BCUT2D eigenvalue weighted by molar-refractivity contribution is 6.13. The Bertz CT molecular complexity index is 2910. The van der Waals surface area contributed by atoms with E-state index in [-0.39, 0.29) is 0 Å². The number of aromatic nitrogens is 3. The van der Waals surface area contributed by atoms with Crippen LogP contribution in [-0.4, -0.2) is 15.0 Å². The lowest BCUT2D eigenvalue weighted by molar-refractivity contribution is 0.669. The first kappa shape index (κ1) is 29.0. The fourth-order valence-electron chi connectivity index (χ4n) is 7.36. The molecule has 238 valence electrons. The van der Waals surface area contributed by atoms with Gasteiger partial charge in [0, 0.05) is 27.5 Å². The number of hydrogen-bond donors (Lipinski definition) is 0. The summed E-state index contributed by atoms with van der Waals surface area (Å²) in [6.45, 7) is 0. The Morgan fingerprint density at radius 2 is 0.863 bits per heavy atom. The Morgan fingerprint density at radius 3 is 1.67 bits per heavy atom. The monoisotopic (exact) mass is 651 g/mol. The van der Waals surface area contributed by atoms with E-state index >= 15 is 0 Å². The molecule has 0 fully saturated rings. The van der Waals surface area contributed by atoms with Crippen molar-refractivity contribution in [3.05, 3.63) is 176 Å². The Kier molecular flexibility index (Phi) is 6.78. The molecular formula is C47H29N3O. The zero-order valence-corrected chi connectivity index (χ0v) is 27.5. The summed E-state index contributed by atoms with van der Waals surface area (Å²) in [6, 6.07) is 61.0. The van der Waals surface area contributed by atoms with Crippen molar-refractivity contribution in [1.29, 1.82) is 0 Å². The molecule has 0 spiro atoms. The van der Waals surface area contributed by atoms with E-state index in [9.17, 15) is 0 Å². The minimum atomic E-state index is 0.599. The van der Waals surface area contributed by atoms with Crippen LogP contribution < -0.4 is 0 Å². The Labute approximate surface area is 294 Å². The highest BCUT2D eigenvalue weighted by atomic mass is 16.3. The van der Waals surface area contributed by atoms with Gasteiger partial charge >= 0.3 is 0 Å². The SMILES string of the molecule is c1ccc(-c2ccc3c(c2)oc2cccc(-c4nc(-c5ccccc5)nc(-c5cccc6c(-c7cccc8ccccc78)cccc56)n4)c23)cc1. The number of fused-ring (bicyclic) bond motifs is 5. The molecule has 4 nitrogen and oxygen atoms in total. The summed E-state index contributed by atoms with van der Waals surface area (Å²) in [6.07, 6.45) is 0. The van der Waals surface area contributed by atoms with E-state index in [1.807, 2.05) is 48.5 Å². The van der Waals surface area contributed by atoms with Crippen molar-refractivity contribution in [3.8, 4) is 56.4 Å². The van der Waals surface area contributed by atoms with Crippen LogP contribution in [0, 0.1) is 0 Å². The molecule has 8 aromatic carbocycles. The van der Waals surface area contributed by atoms with E-state index in [1.54, 1.807) is 0 Å². The third-order valence-electron chi connectivity index (χ3n) is 9.76. The van der Waals surface area contributed by atoms with Crippen molar-refractivity contribution >= 4 is 43.5 Å². The molecule has 10 rings (SSSR count). The Balaban J connectivity index is 1.19. The molecule has 0 aliphatic carbocycles. The highest BCUT2D eigenvalue weighted by Gasteiger charge is 2.19. The summed E-state index contributed by atoms with van der Waals surface area (Å²) in [5.74, 6) is 1.84. The normalized spacial score (nSPS) is 11.5. The minimum absolute atomic E-state index is 0.599. The second kappa shape index (κ2) is 11.9. The fraction of sp³-hybridized carbons (Fsp3) is 0. The van der Waals surface area contributed by atoms with Crippen LogP contribution >= 0.6 is 0 Å². The van der Waals surface area contributed by atoms with Gasteiger partial charge in [0.1, 0.15) is 11.2 Å². The van der Waals surface area contributed by atoms with Crippen LogP contribution in [0.2, 0.25) is 0 Å². The van der Waals surface area contributed by atoms with Crippen LogP contribution in [0.3, 0.4) is 0 Å². The van der Waals surface area contributed by atoms with Gasteiger partial charge in [0.05, 0.1) is 0 Å². The average molecular weight is 652 g/mol. The third kappa shape index (κ3) is 4.96. The van der Waals surface area contributed by atoms with Crippen molar-refractivity contribution < 1.29 is 4.42 Å². The molecule has 0 bridgehead atoms. The number of rotatable bonds is 5. The number of nitrogens with zero attached hydrogens (tertiary/aromatic N) is 3. The van der Waals surface area contributed by atoms with Gasteiger partial charge in [0.2, 0.25) is 0 Å². The molecule has 0 saturated carbocycles. The topological polar surface area (TPSA) is 51.8 Å². The molecule has 0 atom stereocenters. The second-order valence-corrected chi connectivity index (χ2v) is 12.8. The standard InChI is InChI=1S/C47H29N3O/c1-3-13-30(14-4-1)33-27-28-40-43(29-33)51-42-26-12-25-41(44(40)42)47-49-45(32-16-5-2-6-17-32)48-46(50-47)39-24-11-22-37-36(21-10-23-38(37)39)35-20-9-18-31-15-7-8-19-34(31)35/h1-29H. The van der Waals surface area contributed by atoms with Crippen molar-refractivity contribution in [2.24, 2.45) is 0 Å². The van der Waals surface area contributed by atoms with Gasteiger partial charge in [0.25, 0.3) is 0 Å². The van der Waals surface area contributed by atoms with Gasteiger partial charge in [-0.2, -0.15) is 0 Å². The van der Waals surface area contributed by atoms with Crippen LogP contribution in [0.5, 0.6) is 0 Å². The molecule has 2 heterocycles. The van der Waals surface area contributed by atoms with Gasteiger partial charge in [-0.1, -0.05) is 158 Å². The lowest BCUT2D eigenvalue weighted by Crippen LogP contribution is -2.01. The first-order valence-electron chi connectivity index (χ1n) is 17.1. The van der Waals surface area contributed by atoms with Gasteiger partial charge < -0.3 is 4.42 Å². The number of furan rings is 1. The molecular weight excluding hydrogens is 623 g/mol. The molecule has 2 aromatic heterocycles. The zero-order chi connectivity index (χ0) is 33.7. The fourth-order valence-corrected chi connectivity index (χ4v) is 7.36. The number of hydrogen-bond acceptors (Lipinski definition) is 4. The summed E-state index contributed by atoms with van der Waals surface area (Å²) in [5, 5.41) is 6.68. The molecule has 0 aliphatic heterocycles. The van der Waals surface area contributed by atoms with E-state index in [1.165, 1.54) is 21.9 Å². The number of benzene rings is 8. The van der Waals surface area contributed by atoms with Crippen molar-refractivity contribution in [1.82, 2.24) is 15.0 Å². The molecule has 0 unspecified atom stereocenters. The molecule has 4 heteroatoms. The lowest BCUT2D eigenvalue weighted by atomic mass is 9.92. The van der Waals surface area contributed by atoms with Gasteiger partial charge in [-0.3, -0.25) is 0 Å². The van der Waals surface area contributed by atoms with Crippen LogP contribution in [0.25, 0.3) is 99.9 Å². The van der Waals surface area contributed by atoms with E-state index in [4.69, 9.17) is 19.4 Å². The summed E-state index contributed by atoms with van der Waals surface area (Å²) in [7, 11) is 0. The molecule has 0 amide bonds. The maximum atomic E-state index is 6.48. The first-order valence-corrected chi connectivity index (χ1v) is 17.1. The van der Waals surface area contributed by atoms with E-state index in [0.29, 0.717) is 17.5 Å². The maximum Gasteiger partial charge on any atom is 0.164 e. The van der Waals surface area contributed by atoms with Gasteiger partial charge in [-0.05, 0) is 62.0 Å². The van der Waals surface area contributed by atoms with Crippen LogP contribution in [-0.2, 0) is 0 Å². The van der Waals surface area contributed by atoms with Crippen molar-refractivity contribution in [2.45, 2.75) is 0 Å². The second-order valence-electron chi connectivity index (χ2n) is 12.8. The predicted octanol–water partition coefficient (Wildman–Crippen LogP) is 12.4. The van der Waals surface area contributed by atoms with Crippen LogP contribution in [0.4, 0.5) is 0 Å². The Hall–Kier alpha value is -6.91. The van der Waals surface area contributed by atoms with Crippen molar-refractivity contribution in [2.75, 3.05) is 0 Å². The molecule has 10 aromatic rings. The summed E-state index contributed by atoms with van der Waals surface area (Å²) in [5.41, 5.74) is 9.02. The first-order chi connectivity index (χ1) is 25.3. The molecule has 0 saturated heterocycles. The van der Waals surface area contributed by atoms with Gasteiger partial charge in [-0.25, -0.2) is 15.0 Å². The van der Waals surface area contributed by atoms with Crippen LogP contribution in [0.1, 0.15) is 0 Å². The Morgan fingerprint density at radius 1 is 0.314 bits per heavy atom. The zero-order valence-electron chi connectivity index (χ0n) is 27.5. The smallest absolute Gasteiger partial charge is 0.164 e. The summed E-state index contributed by atoms with van der Waals surface area (Å²) >= 11 is 0. The largest absolute Gasteiger partial charge is 0.456 e. The molecule has 0 N–H and O–H groups in total. The van der Waals surface area contributed by atoms with Crippen LogP contribution in [0.15, 0.2) is 180 Å². The van der Waals surface area contributed by atoms with Gasteiger partial charge in [-0.15, -0.1) is 0 Å². The third-order valence-corrected chi connectivity index (χ3v) is 9.76. The predicted molar refractivity (Wildman–Crippen MR) is 209 cm³/mol. The minimum Gasteiger partial charge on any atom is -0.456 e. The molecule has 0 radical (unpaired) electrons. The lowest BCUT2D eigenvalue weighted by Gasteiger charge is -2.14. The molecule has 51 heavy (non-hydrogen) atoms. The van der Waals surface area contributed by atoms with E-state index in [2.05, 4.69) is 127 Å². The quantitative estimate of drug-likeness (QED) is 0.186. The van der Waals surface area contributed by atoms with E-state index < -0.39 is 0 Å². The summed E-state index contributed by atoms with van der Waals surface area (Å²) in [4.78, 5) is 15.5. The highest BCUT2D eigenvalue weighted by Crippen LogP contribution is 2.40.